The van der Waals surface area contributed by atoms with Gasteiger partial charge in [-0.15, -0.1) is 0 Å². The molecule has 0 bridgehead atoms. The van der Waals surface area contributed by atoms with Gasteiger partial charge in [0.1, 0.15) is 5.75 Å². The van der Waals surface area contributed by atoms with Crippen molar-refractivity contribution in [1.29, 1.82) is 0 Å². The van der Waals surface area contributed by atoms with Crippen molar-refractivity contribution >= 4 is 0 Å². The van der Waals surface area contributed by atoms with E-state index in [-0.39, 0.29) is 0 Å². The fourth-order valence-corrected chi connectivity index (χ4v) is 2.48. The molecule has 0 aliphatic heterocycles. The van der Waals surface area contributed by atoms with Gasteiger partial charge >= 0.3 is 0 Å². The van der Waals surface area contributed by atoms with E-state index in [1.54, 1.807) is 7.11 Å². The van der Waals surface area contributed by atoms with Gasteiger partial charge in [-0.25, -0.2) is 0 Å². The van der Waals surface area contributed by atoms with E-state index < -0.39 is 0 Å². The molecule has 0 unspecified atom stereocenters. The van der Waals surface area contributed by atoms with Gasteiger partial charge < -0.3 is 14.2 Å². The van der Waals surface area contributed by atoms with Crippen molar-refractivity contribution in [2.45, 2.75) is 33.6 Å². The number of hydrogen-bond acceptors (Lipinski definition) is 3. The number of aryl methyl sites for hydroxylation is 3. The van der Waals surface area contributed by atoms with Crippen LogP contribution in [-0.4, -0.2) is 20.3 Å². The minimum atomic E-state index is 0.662. The van der Waals surface area contributed by atoms with Gasteiger partial charge in [-0.1, -0.05) is 24.3 Å². The van der Waals surface area contributed by atoms with Crippen LogP contribution >= 0.6 is 0 Å². The van der Waals surface area contributed by atoms with E-state index in [1.165, 1.54) is 11.1 Å². The summed E-state index contributed by atoms with van der Waals surface area (Å²) in [7, 11) is 1.67. The Morgan fingerprint density at radius 3 is 2.09 bits per heavy atom. The number of benzene rings is 2. The van der Waals surface area contributed by atoms with Crippen LogP contribution < -0.4 is 14.2 Å². The Balaban J connectivity index is 1.72. The van der Waals surface area contributed by atoms with Crippen molar-refractivity contribution in [1.82, 2.24) is 0 Å². The summed E-state index contributed by atoms with van der Waals surface area (Å²) in [5.41, 5.74) is 3.53. The number of para-hydroxylation sites is 1. The van der Waals surface area contributed by atoms with Gasteiger partial charge in [0.25, 0.3) is 0 Å². The Morgan fingerprint density at radius 2 is 1.43 bits per heavy atom. The second-order valence-electron chi connectivity index (χ2n) is 5.78. The fraction of sp³-hybridized carbons (Fsp3) is 0.400. The summed E-state index contributed by atoms with van der Waals surface area (Å²) in [6.07, 6.45) is 1.91. The summed E-state index contributed by atoms with van der Waals surface area (Å²) in [6.45, 7) is 7.57. The van der Waals surface area contributed by atoms with Gasteiger partial charge in [0.15, 0.2) is 11.5 Å². The molecule has 0 saturated heterocycles. The maximum atomic E-state index is 5.90. The standard InChI is InChI=1S/C20H26O3/c1-15-10-11-18(19(14-15)21-4)22-12-5-6-13-23-20-16(2)8-7-9-17(20)3/h7-11,14H,5-6,12-13H2,1-4H3. The first-order valence-corrected chi connectivity index (χ1v) is 8.08. The van der Waals surface area contributed by atoms with E-state index in [2.05, 4.69) is 32.0 Å². The molecular weight excluding hydrogens is 288 g/mol. The van der Waals surface area contributed by atoms with Crippen molar-refractivity contribution in [3.63, 3.8) is 0 Å². The van der Waals surface area contributed by atoms with Crippen LogP contribution in [0.15, 0.2) is 36.4 Å². The summed E-state index contributed by atoms with van der Waals surface area (Å²) in [5.74, 6) is 2.60. The number of rotatable bonds is 8. The topological polar surface area (TPSA) is 27.7 Å². The molecule has 0 radical (unpaired) electrons. The highest BCUT2D eigenvalue weighted by Crippen LogP contribution is 2.28. The van der Waals surface area contributed by atoms with Crippen LogP contribution in [0.25, 0.3) is 0 Å². The van der Waals surface area contributed by atoms with Gasteiger partial charge in [-0.05, 0) is 62.4 Å². The van der Waals surface area contributed by atoms with Crippen LogP contribution in [0.5, 0.6) is 17.2 Å². The second kappa shape index (κ2) is 8.47. The first-order valence-electron chi connectivity index (χ1n) is 8.08. The molecule has 3 heteroatoms. The average Bonchev–Trinajstić information content (AvgIpc) is 2.54. The lowest BCUT2D eigenvalue weighted by molar-refractivity contribution is 0.257. The highest BCUT2D eigenvalue weighted by molar-refractivity contribution is 5.42. The second-order valence-corrected chi connectivity index (χ2v) is 5.78. The van der Waals surface area contributed by atoms with Crippen molar-refractivity contribution in [2.24, 2.45) is 0 Å². The SMILES string of the molecule is COc1cc(C)ccc1OCCCCOc1c(C)cccc1C. The van der Waals surface area contributed by atoms with E-state index >= 15 is 0 Å². The number of hydrogen-bond donors (Lipinski definition) is 0. The molecule has 0 spiro atoms. The van der Waals surface area contributed by atoms with Crippen molar-refractivity contribution in [3.8, 4) is 17.2 Å². The summed E-state index contributed by atoms with van der Waals surface area (Å²) >= 11 is 0. The Morgan fingerprint density at radius 1 is 0.783 bits per heavy atom. The minimum Gasteiger partial charge on any atom is -0.493 e. The molecule has 0 amide bonds. The van der Waals surface area contributed by atoms with Crippen LogP contribution in [0.1, 0.15) is 29.5 Å². The van der Waals surface area contributed by atoms with Gasteiger partial charge in [-0.2, -0.15) is 0 Å². The Bertz CT molecular complexity index is 615. The van der Waals surface area contributed by atoms with Gasteiger partial charge in [0.2, 0.25) is 0 Å². The zero-order valence-electron chi connectivity index (χ0n) is 14.5. The minimum absolute atomic E-state index is 0.662. The molecule has 3 nitrogen and oxygen atoms in total. The third-order valence-corrected chi connectivity index (χ3v) is 3.77. The molecule has 0 N–H and O–H groups in total. The molecule has 0 atom stereocenters. The molecule has 0 aliphatic rings. The average molecular weight is 314 g/mol. The zero-order valence-corrected chi connectivity index (χ0v) is 14.5. The number of unbranched alkanes of at least 4 members (excludes halogenated alkanes) is 1. The highest BCUT2D eigenvalue weighted by Gasteiger charge is 2.05. The first kappa shape index (κ1) is 17.2. The van der Waals surface area contributed by atoms with Crippen molar-refractivity contribution in [2.75, 3.05) is 20.3 Å². The van der Waals surface area contributed by atoms with Gasteiger partial charge in [0, 0.05) is 0 Å². The predicted octanol–water partition coefficient (Wildman–Crippen LogP) is 4.86. The van der Waals surface area contributed by atoms with E-state index in [4.69, 9.17) is 14.2 Å². The summed E-state index contributed by atoms with van der Waals surface area (Å²) in [4.78, 5) is 0. The molecule has 23 heavy (non-hydrogen) atoms. The van der Waals surface area contributed by atoms with Crippen molar-refractivity contribution < 1.29 is 14.2 Å². The fourth-order valence-electron chi connectivity index (χ4n) is 2.48. The monoisotopic (exact) mass is 314 g/mol. The van der Waals surface area contributed by atoms with E-state index in [0.29, 0.717) is 13.2 Å². The number of methoxy groups -OCH3 is 1. The molecule has 124 valence electrons. The molecule has 0 saturated carbocycles. The predicted molar refractivity (Wildman–Crippen MR) is 93.9 cm³/mol. The van der Waals surface area contributed by atoms with E-state index in [0.717, 1.165) is 35.7 Å². The molecule has 0 aliphatic carbocycles. The van der Waals surface area contributed by atoms with Crippen LogP contribution in [0, 0.1) is 20.8 Å². The van der Waals surface area contributed by atoms with Crippen LogP contribution in [0.3, 0.4) is 0 Å². The molecule has 0 aromatic heterocycles. The third-order valence-electron chi connectivity index (χ3n) is 3.77. The summed E-state index contributed by atoms with van der Waals surface area (Å²) in [6, 6.07) is 12.2. The lowest BCUT2D eigenvalue weighted by atomic mass is 10.1. The maximum absolute atomic E-state index is 5.90. The zero-order chi connectivity index (χ0) is 16.7. The Hall–Kier alpha value is -2.16. The first-order chi connectivity index (χ1) is 11.1. The smallest absolute Gasteiger partial charge is 0.161 e. The third kappa shape index (κ3) is 4.92. The maximum Gasteiger partial charge on any atom is 0.161 e. The molecule has 2 rings (SSSR count). The van der Waals surface area contributed by atoms with E-state index in [1.807, 2.05) is 25.1 Å². The largest absolute Gasteiger partial charge is 0.493 e. The summed E-state index contributed by atoms with van der Waals surface area (Å²) < 4.78 is 17.0. The van der Waals surface area contributed by atoms with Crippen LogP contribution in [0.2, 0.25) is 0 Å². The quantitative estimate of drug-likeness (QED) is 0.651. The Kier molecular flexibility index (Phi) is 6.33. The van der Waals surface area contributed by atoms with Crippen LogP contribution in [-0.2, 0) is 0 Å². The molecule has 0 heterocycles. The molecule has 2 aromatic carbocycles. The highest BCUT2D eigenvalue weighted by atomic mass is 16.5. The molecule has 2 aromatic rings. The van der Waals surface area contributed by atoms with Crippen molar-refractivity contribution in [3.05, 3.63) is 53.1 Å². The molecular formula is C20H26O3. The Labute approximate surface area is 139 Å². The molecule has 0 fully saturated rings. The summed E-state index contributed by atoms with van der Waals surface area (Å²) in [5, 5.41) is 0. The van der Waals surface area contributed by atoms with Gasteiger partial charge in [-0.3, -0.25) is 0 Å². The van der Waals surface area contributed by atoms with E-state index in [9.17, 15) is 0 Å². The van der Waals surface area contributed by atoms with Crippen LogP contribution in [0.4, 0.5) is 0 Å². The normalized spacial score (nSPS) is 10.4. The van der Waals surface area contributed by atoms with Gasteiger partial charge in [0.05, 0.1) is 20.3 Å². The number of ether oxygens (including phenoxy) is 3. The lowest BCUT2D eigenvalue weighted by Crippen LogP contribution is -2.04. The lowest BCUT2D eigenvalue weighted by Gasteiger charge is -2.13.